The van der Waals surface area contributed by atoms with E-state index in [1.165, 1.54) is 0 Å². The Bertz CT molecular complexity index is 499. The number of likely N-dealkylation sites (tertiary alicyclic amines) is 1. The average molecular weight is 281 g/mol. The van der Waals surface area contributed by atoms with Crippen LogP contribution >= 0.6 is 11.6 Å². The van der Waals surface area contributed by atoms with Gasteiger partial charge in [-0.2, -0.15) is 0 Å². The van der Waals surface area contributed by atoms with Crippen molar-refractivity contribution in [2.45, 2.75) is 33.2 Å². The maximum Gasteiger partial charge on any atom is 0.254 e. The number of nitrogens with two attached hydrogens (primary N) is 1. The van der Waals surface area contributed by atoms with E-state index >= 15 is 0 Å². The van der Waals surface area contributed by atoms with Gasteiger partial charge in [0.25, 0.3) is 5.91 Å². The summed E-state index contributed by atoms with van der Waals surface area (Å²) < 4.78 is 0. The second-order valence-electron chi connectivity index (χ2n) is 6.07. The summed E-state index contributed by atoms with van der Waals surface area (Å²) in [6.45, 7) is 7.57. The Kier molecular flexibility index (Phi) is 3.88. The lowest BCUT2D eigenvalue weighted by molar-refractivity contribution is 0.0532. The van der Waals surface area contributed by atoms with E-state index in [4.69, 9.17) is 17.3 Å². The predicted octanol–water partition coefficient (Wildman–Crippen LogP) is 2.85. The zero-order chi connectivity index (χ0) is 14.2. The number of aryl methyl sites for hydroxylation is 1. The molecular formula is C15H21ClN2O. The third kappa shape index (κ3) is 2.93. The Labute approximate surface area is 119 Å². The van der Waals surface area contributed by atoms with Crippen molar-refractivity contribution in [3.8, 4) is 0 Å². The molecule has 1 aliphatic heterocycles. The van der Waals surface area contributed by atoms with Gasteiger partial charge in [-0.3, -0.25) is 4.79 Å². The molecule has 0 bridgehead atoms. The Morgan fingerprint density at radius 2 is 2.16 bits per heavy atom. The molecule has 0 radical (unpaired) electrons. The summed E-state index contributed by atoms with van der Waals surface area (Å²) in [6.07, 6.45) is 0.846. The van der Waals surface area contributed by atoms with Crippen LogP contribution in [0.3, 0.4) is 0 Å². The van der Waals surface area contributed by atoms with E-state index in [0.717, 1.165) is 18.5 Å². The van der Waals surface area contributed by atoms with Crippen LogP contribution in [-0.4, -0.2) is 29.9 Å². The minimum absolute atomic E-state index is 0.0413. The first-order valence-corrected chi connectivity index (χ1v) is 7.00. The lowest BCUT2D eigenvalue weighted by atomic mass is 9.79. The molecule has 1 atom stereocenters. The Balaban J connectivity index is 2.23. The van der Waals surface area contributed by atoms with Gasteiger partial charge in [0.15, 0.2) is 0 Å². The van der Waals surface area contributed by atoms with Crippen molar-refractivity contribution >= 4 is 17.5 Å². The minimum Gasteiger partial charge on any atom is -0.338 e. The van der Waals surface area contributed by atoms with Crippen LogP contribution in [-0.2, 0) is 0 Å². The third-order valence-electron chi connectivity index (χ3n) is 4.03. The molecule has 1 fully saturated rings. The number of amides is 1. The second-order valence-corrected chi connectivity index (χ2v) is 6.51. The molecule has 0 saturated carbocycles. The first-order chi connectivity index (χ1) is 8.81. The molecular weight excluding hydrogens is 260 g/mol. The topological polar surface area (TPSA) is 46.3 Å². The molecule has 1 unspecified atom stereocenters. The molecule has 2 N–H and O–H groups in total. The van der Waals surface area contributed by atoms with Crippen LogP contribution in [0.2, 0.25) is 5.02 Å². The normalized spacial score (nSPS) is 22.4. The van der Waals surface area contributed by atoms with Gasteiger partial charge in [-0.05, 0) is 36.5 Å². The molecule has 2 rings (SSSR count). The summed E-state index contributed by atoms with van der Waals surface area (Å²) in [7, 11) is 0. The van der Waals surface area contributed by atoms with Gasteiger partial charge in [0, 0.05) is 29.7 Å². The van der Waals surface area contributed by atoms with E-state index in [2.05, 4.69) is 13.8 Å². The summed E-state index contributed by atoms with van der Waals surface area (Å²) >= 11 is 5.99. The monoisotopic (exact) mass is 280 g/mol. The first kappa shape index (κ1) is 14.4. The fraction of sp³-hybridized carbons (Fsp3) is 0.533. The van der Waals surface area contributed by atoms with Gasteiger partial charge in [0.1, 0.15) is 0 Å². The quantitative estimate of drug-likeness (QED) is 0.860. The molecule has 1 aromatic carbocycles. The Morgan fingerprint density at radius 1 is 1.47 bits per heavy atom. The van der Waals surface area contributed by atoms with Crippen LogP contribution in [0.25, 0.3) is 0 Å². The zero-order valence-corrected chi connectivity index (χ0v) is 12.5. The van der Waals surface area contributed by atoms with E-state index in [-0.39, 0.29) is 17.4 Å². The van der Waals surface area contributed by atoms with Crippen LogP contribution < -0.4 is 5.73 Å². The third-order valence-corrected chi connectivity index (χ3v) is 4.26. The van der Waals surface area contributed by atoms with Crippen LogP contribution in [0.15, 0.2) is 18.2 Å². The van der Waals surface area contributed by atoms with Crippen molar-refractivity contribution in [2.24, 2.45) is 11.1 Å². The van der Waals surface area contributed by atoms with Crippen molar-refractivity contribution in [2.75, 3.05) is 13.1 Å². The molecule has 1 aliphatic rings. The standard InChI is InChI=1S/C15H21ClN2O/c1-10-4-5-11(16)8-12(10)14(19)18-7-6-13(17)15(2,3)9-18/h4-5,8,13H,6-7,9,17H2,1-3H3. The number of halogens is 1. The summed E-state index contributed by atoms with van der Waals surface area (Å²) in [4.78, 5) is 14.5. The van der Waals surface area contributed by atoms with E-state index in [1.807, 2.05) is 24.0 Å². The number of benzene rings is 1. The summed E-state index contributed by atoms with van der Waals surface area (Å²) in [5.74, 6) is 0.0555. The number of rotatable bonds is 1. The second kappa shape index (κ2) is 5.14. The van der Waals surface area contributed by atoms with Crippen LogP contribution in [0.1, 0.15) is 36.2 Å². The number of nitrogens with zero attached hydrogens (tertiary/aromatic N) is 1. The van der Waals surface area contributed by atoms with Crippen molar-refractivity contribution in [3.05, 3.63) is 34.3 Å². The Hall–Kier alpha value is -1.06. The molecule has 0 aromatic heterocycles. The van der Waals surface area contributed by atoms with Gasteiger partial charge in [0.2, 0.25) is 0 Å². The molecule has 1 heterocycles. The molecule has 4 heteroatoms. The van der Waals surface area contributed by atoms with E-state index in [9.17, 15) is 4.79 Å². The number of carbonyl (C=O) groups excluding carboxylic acids is 1. The smallest absolute Gasteiger partial charge is 0.254 e. The molecule has 1 aromatic rings. The van der Waals surface area contributed by atoms with Gasteiger partial charge in [0.05, 0.1) is 0 Å². The number of hydrogen-bond acceptors (Lipinski definition) is 2. The highest BCUT2D eigenvalue weighted by atomic mass is 35.5. The van der Waals surface area contributed by atoms with Gasteiger partial charge in [-0.15, -0.1) is 0 Å². The number of piperidine rings is 1. The molecule has 1 amide bonds. The summed E-state index contributed by atoms with van der Waals surface area (Å²) in [5, 5.41) is 0.599. The summed E-state index contributed by atoms with van der Waals surface area (Å²) in [6, 6.07) is 5.60. The first-order valence-electron chi connectivity index (χ1n) is 6.62. The molecule has 0 spiro atoms. The van der Waals surface area contributed by atoms with E-state index in [1.54, 1.807) is 6.07 Å². The van der Waals surface area contributed by atoms with E-state index < -0.39 is 0 Å². The number of carbonyl (C=O) groups is 1. The van der Waals surface area contributed by atoms with Gasteiger partial charge in [-0.1, -0.05) is 31.5 Å². The van der Waals surface area contributed by atoms with E-state index in [0.29, 0.717) is 17.1 Å². The number of hydrogen-bond donors (Lipinski definition) is 1. The van der Waals surface area contributed by atoms with Gasteiger partial charge < -0.3 is 10.6 Å². The highest BCUT2D eigenvalue weighted by molar-refractivity contribution is 6.31. The van der Waals surface area contributed by atoms with Crippen molar-refractivity contribution in [1.29, 1.82) is 0 Å². The minimum atomic E-state index is -0.0413. The SMILES string of the molecule is Cc1ccc(Cl)cc1C(=O)N1CCC(N)C(C)(C)C1. The van der Waals surface area contributed by atoms with Crippen molar-refractivity contribution < 1.29 is 4.79 Å². The molecule has 0 aliphatic carbocycles. The molecule has 1 saturated heterocycles. The van der Waals surface area contributed by atoms with Crippen LogP contribution in [0.4, 0.5) is 0 Å². The van der Waals surface area contributed by atoms with Crippen LogP contribution in [0.5, 0.6) is 0 Å². The molecule has 3 nitrogen and oxygen atoms in total. The predicted molar refractivity (Wildman–Crippen MR) is 78.5 cm³/mol. The average Bonchev–Trinajstić information content (AvgIpc) is 2.35. The highest BCUT2D eigenvalue weighted by Gasteiger charge is 2.35. The molecule has 104 valence electrons. The maximum absolute atomic E-state index is 12.6. The Morgan fingerprint density at radius 3 is 2.79 bits per heavy atom. The largest absolute Gasteiger partial charge is 0.338 e. The van der Waals surface area contributed by atoms with Crippen molar-refractivity contribution in [1.82, 2.24) is 4.90 Å². The zero-order valence-electron chi connectivity index (χ0n) is 11.7. The van der Waals surface area contributed by atoms with Gasteiger partial charge in [-0.25, -0.2) is 0 Å². The molecule has 19 heavy (non-hydrogen) atoms. The van der Waals surface area contributed by atoms with Crippen molar-refractivity contribution in [3.63, 3.8) is 0 Å². The lowest BCUT2D eigenvalue weighted by Gasteiger charge is -2.42. The summed E-state index contributed by atoms with van der Waals surface area (Å²) in [5.41, 5.74) is 7.72. The highest BCUT2D eigenvalue weighted by Crippen LogP contribution is 2.29. The van der Waals surface area contributed by atoms with Gasteiger partial charge >= 0.3 is 0 Å². The fourth-order valence-electron chi connectivity index (χ4n) is 2.54. The fourth-order valence-corrected chi connectivity index (χ4v) is 2.71. The lowest BCUT2D eigenvalue weighted by Crippen LogP contribution is -2.54. The maximum atomic E-state index is 12.6. The van der Waals surface area contributed by atoms with Crippen LogP contribution in [0, 0.1) is 12.3 Å².